The van der Waals surface area contributed by atoms with Crippen molar-refractivity contribution < 1.29 is 56.4 Å². The number of likely N-dealkylation sites (tertiary alicyclic amines) is 1. The van der Waals surface area contributed by atoms with Gasteiger partial charge in [0.1, 0.15) is 36.3 Å². The Kier molecular flexibility index (Phi) is 16.7. The number of aromatic nitrogens is 1. The first-order valence-corrected chi connectivity index (χ1v) is 25.8. The zero-order valence-electron chi connectivity index (χ0n) is 42.1. The molecule has 3 aliphatic heterocycles. The second-order valence-corrected chi connectivity index (χ2v) is 20.5. The van der Waals surface area contributed by atoms with Gasteiger partial charge in [0.15, 0.2) is 10.9 Å². The molecule has 2 fully saturated rings. The fourth-order valence-corrected chi connectivity index (χ4v) is 11.1. The number of nitriles is 1. The second-order valence-electron chi connectivity index (χ2n) is 19.3. The number of aliphatic hydroxyl groups excluding tert-OH is 1. The number of anilines is 2. The van der Waals surface area contributed by atoms with Crippen LogP contribution in [-0.4, -0.2) is 118 Å². The van der Waals surface area contributed by atoms with Crippen molar-refractivity contribution >= 4 is 63.5 Å². The molecule has 3 aliphatic rings. The highest BCUT2D eigenvalue weighted by molar-refractivity contribution is 7.81. The summed E-state index contributed by atoms with van der Waals surface area (Å²) in [5.41, 5.74) is 3.24. The van der Waals surface area contributed by atoms with Crippen LogP contribution < -0.4 is 19.3 Å². The summed E-state index contributed by atoms with van der Waals surface area (Å²) in [6.07, 6.45) is -5.15. The largest absolute Gasteiger partial charge is 0.491 e. The number of aliphatic hydroxyl groups is 1. The molecular weight excluding hydrogens is 1010 g/mol. The first-order chi connectivity index (χ1) is 35.8. The molecular formula is C55H57F3N6O9S2. The van der Waals surface area contributed by atoms with Crippen molar-refractivity contribution in [1.82, 2.24) is 14.8 Å². The molecule has 0 bridgehead atoms. The molecule has 3 amide bonds. The maximum absolute atomic E-state index is 14.3. The maximum Gasteiger partial charge on any atom is 0.417 e. The van der Waals surface area contributed by atoms with Crippen LogP contribution in [0.25, 0.3) is 10.4 Å². The molecule has 0 unspecified atom stereocenters. The van der Waals surface area contributed by atoms with Crippen LogP contribution in [0.4, 0.5) is 24.5 Å². The lowest BCUT2D eigenvalue weighted by molar-refractivity contribution is -0.142. The van der Waals surface area contributed by atoms with Gasteiger partial charge >= 0.3 is 6.18 Å². The van der Waals surface area contributed by atoms with Crippen LogP contribution in [0, 0.1) is 24.2 Å². The second kappa shape index (κ2) is 23.0. The standard InChI is InChI=1S/C55H57F3N6O9S2/c1-33(2)48(62-30-38-8-6-7-9-43(38)50(62)67)51(68)61-31-41(65)28-45(61)46(66)19-13-35-10-11-36(49-34(3)60-32-75-49)26-47(35)73-25-23-71-21-20-70-22-24-72-42-17-15-39(16-18-42)64-53(74)63(52(69)54(64,4)5)40-14-12-37(29-59)44(27-40)55(56,57)58/h6-12,14-18,26-27,32-33,41,45,48,65H,13,19-25,28,30-31H2,1-5H3/t41-,45+,48+/m1/s1. The van der Waals surface area contributed by atoms with E-state index in [0.29, 0.717) is 35.7 Å². The van der Waals surface area contributed by atoms with Gasteiger partial charge in [-0.05, 0) is 117 Å². The van der Waals surface area contributed by atoms with Crippen molar-refractivity contribution in [2.24, 2.45) is 5.92 Å². The quantitative estimate of drug-likeness (QED) is 0.0547. The van der Waals surface area contributed by atoms with Crippen LogP contribution in [0.15, 0.2) is 90.4 Å². The first-order valence-electron chi connectivity index (χ1n) is 24.5. The summed E-state index contributed by atoms with van der Waals surface area (Å²) in [4.78, 5) is 66.4. The zero-order valence-corrected chi connectivity index (χ0v) is 43.7. The Hall–Kier alpha value is -6.76. The molecule has 3 atom stereocenters. The van der Waals surface area contributed by atoms with Crippen molar-refractivity contribution in [2.75, 3.05) is 56.0 Å². The third-order valence-electron chi connectivity index (χ3n) is 13.5. The highest BCUT2D eigenvalue weighted by atomic mass is 32.1. The van der Waals surface area contributed by atoms with Gasteiger partial charge in [0.25, 0.3) is 11.8 Å². The Bertz CT molecular complexity index is 3000. The van der Waals surface area contributed by atoms with E-state index in [4.69, 9.17) is 31.2 Å². The van der Waals surface area contributed by atoms with Gasteiger partial charge in [-0.15, -0.1) is 11.3 Å². The number of carbonyl (C=O) groups is 4. The minimum atomic E-state index is -4.81. The molecule has 0 saturated carbocycles. The number of carbonyl (C=O) groups excluding carboxylic acids is 4. The number of aryl methyl sites for hydroxylation is 2. The van der Waals surface area contributed by atoms with Gasteiger partial charge in [0.2, 0.25) is 5.91 Å². The van der Waals surface area contributed by atoms with Gasteiger partial charge in [-0.25, -0.2) is 4.98 Å². The number of halogens is 3. The number of β-amino-alcohol motifs (C(OH)–C–C–N with tert-alkyl or cyclic N) is 1. The molecule has 1 N–H and O–H groups in total. The Labute approximate surface area is 442 Å². The number of hydrogen-bond donors (Lipinski definition) is 1. The van der Waals surface area contributed by atoms with Crippen LogP contribution in [0.5, 0.6) is 11.5 Å². The number of thiocarbonyl (C=S) groups is 1. The fourth-order valence-electron chi connectivity index (χ4n) is 9.75. The maximum atomic E-state index is 14.3. The number of alkyl halides is 3. The predicted molar refractivity (Wildman–Crippen MR) is 279 cm³/mol. The zero-order chi connectivity index (χ0) is 53.8. The number of hydrogen-bond acceptors (Lipinski definition) is 13. The summed E-state index contributed by atoms with van der Waals surface area (Å²) < 4.78 is 64.9. The number of amides is 3. The molecule has 4 heterocycles. The molecule has 4 aromatic carbocycles. The van der Waals surface area contributed by atoms with E-state index < -0.39 is 46.9 Å². The van der Waals surface area contributed by atoms with Crippen LogP contribution in [0.1, 0.15) is 78.8 Å². The van der Waals surface area contributed by atoms with E-state index in [9.17, 15) is 42.7 Å². The molecule has 0 radical (unpaired) electrons. The molecule has 5 aromatic rings. The summed E-state index contributed by atoms with van der Waals surface area (Å²) in [5.74, 6) is -0.426. The van der Waals surface area contributed by atoms with Gasteiger partial charge in [-0.2, -0.15) is 18.4 Å². The van der Waals surface area contributed by atoms with Crippen molar-refractivity contribution in [2.45, 2.75) is 90.3 Å². The Morgan fingerprint density at radius 3 is 2.27 bits per heavy atom. The molecule has 0 spiro atoms. The van der Waals surface area contributed by atoms with Crippen molar-refractivity contribution in [1.29, 1.82) is 5.26 Å². The highest BCUT2D eigenvalue weighted by Gasteiger charge is 2.51. The number of thiazole rings is 1. The van der Waals surface area contributed by atoms with Crippen LogP contribution in [0.3, 0.4) is 0 Å². The van der Waals surface area contributed by atoms with Crippen molar-refractivity contribution in [3.05, 3.63) is 124 Å². The number of benzene rings is 4. The number of rotatable bonds is 21. The normalized spacial score (nSPS) is 17.7. The number of ketones is 1. The van der Waals surface area contributed by atoms with E-state index in [1.54, 1.807) is 71.6 Å². The summed E-state index contributed by atoms with van der Waals surface area (Å²) in [7, 11) is 0. The number of fused-ring (bicyclic) bond motifs is 1. The minimum absolute atomic E-state index is 0.00857. The Morgan fingerprint density at radius 1 is 0.933 bits per heavy atom. The molecule has 75 heavy (non-hydrogen) atoms. The Balaban J connectivity index is 0.797. The summed E-state index contributed by atoms with van der Waals surface area (Å²) in [6.45, 7) is 10.7. The van der Waals surface area contributed by atoms with E-state index in [2.05, 4.69) is 4.98 Å². The third-order valence-corrected chi connectivity index (χ3v) is 14.9. The third kappa shape index (κ3) is 11.7. The molecule has 0 aliphatic carbocycles. The summed E-state index contributed by atoms with van der Waals surface area (Å²) in [6, 6.07) is 22.8. The van der Waals surface area contributed by atoms with Gasteiger partial charge in [-0.3, -0.25) is 24.1 Å². The summed E-state index contributed by atoms with van der Waals surface area (Å²) in [5, 5.41) is 20.0. The topological polar surface area (TPSA) is 175 Å². The van der Waals surface area contributed by atoms with Gasteiger partial charge in [0.05, 0.1) is 77.5 Å². The van der Waals surface area contributed by atoms with E-state index >= 15 is 0 Å². The van der Waals surface area contributed by atoms with Gasteiger partial charge in [-0.1, -0.05) is 44.2 Å². The average molecular weight is 1070 g/mol. The van der Waals surface area contributed by atoms with Gasteiger partial charge < -0.3 is 38.8 Å². The molecule has 1 aromatic heterocycles. The van der Waals surface area contributed by atoms with Crippen molar-refractivity contribution in [3.8, 4) is 28.0 Å². The lowest BCUT2D eigenvalue weighted by atomic mass is 9.97. The molecule has 15 nitrogen and oxygen atoms in total. The van der Waals surface area contributed by atoms with E-state index in [0.717, 1.165) is 44.3 Å². The van der Waals surface area contributed by atoms with Crippen LogP contribution >= 0.6 is 23.6 Å². The first kappa shape index (κ1) is 54.5. The number of ether oxygens (including phenoxy) is 4. The Morgan fingerprint density at radius 2 is 1.61 bits per heavy atom. The van der Waals surface area contributed by atoms with Gasteiger partial charge in [0, 0.05) is 37.2 Å². The van der Waals surface area contributed by atoms with E-state index in [1.165, 1.54) is 22.3 Å². The number of Topliss-reactive ketones (excluding diaryl/α,β-unsaturated/α-hetero) is 1. The summed E-state index contributed by atoms with van der Waals surface area (Å²) >= 11 is 7.15. The molecule has 20 heteroatoms. The smallest absolute Gasteiger partial charge is 0.417 e. The van der Waals surface area contributed by atoms with Crippen LogP contribution in [0.2, 0.25) is 0 Å². The SMILES string of the molecule is Cc1ncsc1-c1ccc(CCC(=O)[C@@H]2C[C@@H](O)CN2C(=O)[C@H](C(C)C)N2Cc3ccccc3C2=O)c(OCCOCCOCCOc2ccc(N3C(=S)N(c4ccc(C#N)c(C(F)(F)F)c4)C(=O)C3(C)C)cc2)c1. The van der Waals surface area contributed by atoms with E-state index in [1.807, 2.05) is 51.1 Å². The van der Waals surface area contributed by atoms with Crippen LogP contribution in [-0.2, 0) is 43.0 Å². The van der Waals surface area contributed by atoms with E-state index in [-0.39, 0.29) is 93.3 Å². The van der Waals surface area contributed by atoms with Crippen molar-refractivity contribution in [3.63, 3.8) is 0 Å². The lowest BCUT2D eigenvalue weighted by Crippen LogP contribution is -2.54. The monoisotopic (exact) mass is 1070 g/mol. The molecule has 2 saturated heterocycles. The fraction of sp³-hybridized carbons (Fsp3) is 0.400. The highest BCUT2D eigenvalue weighted by Crippen LogP contribution is 2.41. The number of nitrogens with zero attached hydrogens (tertiary/aromatic N) is 6. The lowest BCUT2D eigenvalue weighted by Gasteiger charge is -2.35. The molecule has 394 valence electrons. The predicted octanol–water partition coefficient (Wildman–Crippen LogP) is 8.56. The molecule has 8 rings (SSSR count). The average Bonchev–Trinajstić information content (AvgIpc) is 4.14. The minimum Gasteiger partial charge on any atom is -0.491 e.